The predicted molar refractivity (Wildman–Crippen MR) is 95.6 cm³/mol. The van der Waals surface area contributed by atoms with E-state index < -0.39 is 0 Å². The molecule has 4 rings (SSSR count). The number of para-hydroxylation sites is 1. The molecule has 2 N–H and O–H groups in total. The van der Waals surface area contributed by atoms with Crippen LogP contribution in [0.15, 0.2) is 30.6 Å². The molecule has 1 aliphatic heterocycles. The van der Waals surface area contributed by atoms with Gasteiger partial charge in [0.1, 0.15) is 5.82 Å². The molecule has 8 heteroatoms. The molecule has 1 aliphatic rings. The van der Waals surface area contributed by atoms with E-state index in [0.29, 0.717) is 6.54 Å². The van der Waals surface area contributed by atoms with E-state index in [9.17, 15) is 5.11 Å². The van der Waals surface area contributed by atoms with Gasteiger partial charge in [-0.3, -0.25) is 4.90 Å². The minimum atomic E-state index is 0.0336. The molecule has 0 aliphatic carbocycles. The van der Waals surface area contributed by atoms with E-state index in [-0.39, 0.29) is 18.7 Å². The van der Waals surface area contributed by atoms with E-state index in [1.807, 2.05) is 16.9 Å². The molecule has 2 atom stereocenters. The first kappa shape index (κ1) is 16.9. The minimum Gasteiger partial charge on any atom is -0.395 e. The molecule has 0 unspecified atom stereocenters. The summed E-state index contributed by atoms with van der Waals surface area (Å²) in [5, 5.41) is 22.4. The van der Waals surface area contributed by atoms with Gasteiger partial charge in [-0.2, -0.15) is 4.68 Å². The standard InChI is InChI=1S/C18H23N7O/c1-12-4-3-5-13(2)17(12)25-18(21-22-23-25)15-7-6-14(11-26)24(15)10-16-19-8-9-20-16/h3-5,8-9,14-15,26H,6-7,10-11H2,1-2H3,(H,19,20)/t14-,15-/m0/s1. The number of aliphatic hydroxyl groups is 1. The summed E-state index contributed by atoms with van der Waals surface area (Å²) in [6.45, 7) is 4.88. The molecule has 0 bridgehead atoms. The Morgan fingerprint density at radius 1 is 1.23 bits per heavy atom. The molecule has 0 spiro atoms. The van der Waals surface area contributed by atoms with Gasteiger partial charge < -0.3 is 10.1 Å². The van der Waals surface area contributed by atoms with Gasteiger partial charge in [-0.15, -0.1) is 5.10 Å². The second-order valence-electron chi connectivity index (χ2n) is 6.83. The van der Waals surface area contributed by atoms with Crippen LogP contribution in [0.5, 0.6) is 0 Å². The summed E-state index contributed by atoms with van der Waals surface area (Å²) in [5.41, 5.74) is 3.29. The maximum Gasteiger partial charge on any atom is 0.173 e. The van der Waals surface area contributed by atoms with Gasteiger partial charge in [-0.05, 0) is 48.2 Å². The van der Waals surface area contributed by atoms with Crippen LogP contribution >= 0.6 is 0 Å². The van der Waals surface area contributed by atoms with E-state index in [4.69, 9.17) is 0 Å². The van der Waals surface area contributed by atoms with E-state index in [1.165, 1.54) is 0 Å². The number of likely N-dealkylation sites (tertiary alicyclic amines) is 1. The van der Waals surface area contributed by atoms with Gasteiger partial charge in [-0.1, -0.05) is 18.2 Å². The molecule has 0 radical (unpaired) electrons. The molecule has 1 saturated heterocycles. The molecule has 0 amide bonds. The number of benzene rings is 1. The van der Waals surface area contributed by atoms with Crippen LogP contribution in [0.2, 0.25) is 0 Å². The highest BCUT2D eigenvalue weighted by Gasteiger charge is 2.38. The van der Waals surface area contributed by atoms with E-state index >= 15 is 0 Å². The number of hydrogen-bond acceptors (Lipinski definition) is 6. The Bertz CT molecular complexity index is 853. The van der Waals surface area contributed by atoms with Crippen molar-refractivity contribution in [3.05, 3.63) is 53.4 Å². The van der Waals surface area contributed by atoms with Crippen molar-refractivity contribution < 1.29 is 5.11 Å². The highest BCUT2D eigenvalue weighted by Crippen LogP contribution is 2.37. The number of hydrogen-bond donors (Lipinski definition) is 2. The van der Waals surface area contributed by atoms with Crippen molar-refractivity contribution in [2.75, 3.05) is 6.61 Å². The lowest BCUT2D eigenvalue weighted by Crippen LogP contribution is -2.35. The lowest BCUT2D eigenvalue weighted by Gasteiger charge is -2.28. The van der Waals surface area contributed by atoms with Crippen LogP contribution in [0.1, 0.15) is 41.7 Å². The van der Waals surface area contributed by atoms with E-state index in [1.54, 1.807) is 6.20 Å². The third kappa shape index (κ3) is 2.91. The number of rotatable bonds is 5. The lowest BCUT2D eigenvalue weighted by molar-refractivity contribution is 0.115. The van der Waals surface area contributed by atoms with Gasteiger partial charge >= 0.3 is 0 Å². The third-order valence-corrected chi connectivity index (χ3v) is 5.18. The molecule has 3 aromatic rings. The van der Waals surface area contributed by atoms with Crippen molar-refractivity contribution in [1.82, 2.24) is 35.1 Å². The fourth-order valence-corrected chi connectivity index (χ4v) is 3.91. The zero-order valence-electron chi connectivity index (χ0n) is 15.0. The van der Waals surface area contributed by atoms with Crippen LogP contribution in [-0.4, -0.2) is 52.8 Å². The molecule has 3 heterocycles. The number of aliphatic hydroxyl groups excluding tert-OH is 1. The van der Waals surface area contributed by atoms with Gasteiger partial charge in [0, 0.05) is 18.4 Å². The third-order valence-electron chi connectivity index (χ3n) is 5.18. The summed E-state index contributed by atoms with van der Waals surface area (Å²) in [7, 11) is 0. The Hall–Kier alpha value is -2.58. The lowest BCUT2D eigenvalue weighted by atomic mass is 10.1. The maximum atomic E-state index is 9.82. The monoisotopic (exact) mass is 353 g/mol. The molecular weight excluding hydrogens is 330 g/mol. The van der Waals surface area contributed by atoms with E-state index in [2.05, 4.69) is 56.4 Å². The van der Waals surface area contributed by atoms with Crippen LogP contribution in [0.3, 0.4) is 0 Å². The largest absolute Gasteiger partial charge is 0.395 e. The van der Waals surface area contributed by atoms with Crippen LogP contribution in [-0.2, 0) is 6.54 Å². The van der Waals surface area contributed by atoms with Crippen LogP contribution in [0.25, 0.3) is 5.69 Å². The number of nitrogens with zero attached hydrogens (tertiary/aromatic N) is 6. The number of aromatic amines is 1. The fraction of sp³-hybridized carbons (Fsp3) is 0.444. The van der Waals surface area contributed by atoms with Gasteiger partial charge in [0.15, 0.2) is 5.82 Å². The Morgan fingerprint density at radius 3 is 2.73 bits per heavy atom. The first-order valence-electron chi connectivity index (χ1n) is 8.88. The zero-order chi connectivity index (χ0) is 18.1. The first-order chi connectivity index (χ1) is 12.7. The van der Waals surface area contributed by atoms with Gasteiger partial charge in [-0.25, -0.2) is 4.98 Å². The average Bonchev–Trinajstić information content (AvgIpc) is 3.36. The van der Waals surface area contributed by atoms with Crippen molar-refractivity contribution >= 4 is 0 Å². The van der Waals surface area contributed by atoms with Crippen molar-refractivity contribution in [3.63, 3.8) is 0 Å². The van der Waals surface area contributed by atoms with Crippen molar-refractivity contribution in [2.45, 2.75) is 45.3 Å². The van der Waals surface area contributed by atoms with E-state index in [0.717, 1.165) is 41.3 Å². The molecule has 2 aromatic heterocycles. The van der Waals surface area contributed by atoms with Gasteiger partial charge in [0.25, 0.3) is 0 Å². The second-order valence-corrected chi connectivity index (χ2v) is 6.83. The summed E-state index contributed by atoms with van der Waals surface area (Å²) < 4.78 is 1.85. The molecular formula is C18H23N7O. The van der Waals surface area contributed by atoms with Gasteiger partial charge in [0.05, 0.1) is 24.9 Å². The predicted octanol–water partition coefficient (Wildman–Crippen LogP) is 1.70. The highest BCUT2D eigenvalue weighted by molar-refractivity contribution is 5.46. The Kier molecular flexibility index (Phi) is 4.52. The molecule has 136 valence electrons. The van der Waals surface area contributed by atoms with Crippen LogP contribution in [0.4, 0.5) is 0 Å². The number of nitrogens with one attached hydrogen (secondary N) is 1. The Balaban J connectivity index is 1.72. The van der Waals surface area contributed by atoms with Crippen LogP contribution < -0.4 is 0 Å². The normalized spacial score (nSPS) is 20.7. The van der Waals surface area contributed by atoms with Gasteiger partial charge in [0.2, 0.25) is 0 Å². The summed E-state index contributed by atoms with van der Waals surface area (Å²) >= 11 is 0. The number of H-pyrrole nitrogens is 1. The molecule has 1 fully saturated rings. The van der Waals surface area contributed by atoms with Crippen molar-refractivity contribution in [2.24, 2.45) is 0 Å². The molecule has 26 heavy (non-hydrogen) atoms. The highest BCUT2D eigenvalue weighted by atomic mass is 16.3. The zero-order valence-corrected chi connectivity index (χ0v) is 15.0. The molecule has 8 nitrogen and oxygen atoms in total. The Labute approximate surface area is 151 Å². The van der Waals surface area contributed by atoms with Crippen molar-refractivity contribution in [1.29, 1.82) is 0 Å². The average molecular weight is 353 g/mol. The quantitative estimate of drug-likeness (QED) is 0.725. The maximum absolute atomic E-state index is 9.82. The summed E-state index contributed by atoms with van der Waals surface area (Å²) in [6.07, 6.45) is 5.36. The summed E-state index contributed by atoms with van der Waals surface area (Å²) in [6, 6.07) is 6.29. The summed E-state index contributed by atoms with van der Waals surface area (Å²) in [4.78, 5) is 9.73. The number of aromatic nitrogens is 6. The number of imidazole rings is 1. The minimum absolute atomic E-state index is 0.0336. The topological polar surface area (TPSA) is 95.8 Å². The first-order valence-corrected chi connectivity index (χ1v) is 8.88. The Morgan fingerprint density at radius 2 is 2.04 bits per heavy atom. The fourth-order valence-electron chi connectivity index (χ4n) is 3.91. The number of tetrazole rings is 1. The SMILES string of the molecule is Cc1cccc(C)c1-n1nnnc1[C@@H]1CC[C@@H](CO)N1Cc1ncc[nH]1. The smallest absolute Gasteiger partial charge is 0.173 e. The molecule has 1 aromatic carbocycles. The second kappa shape index (κ2) is 6.97. The van der Waals surface area contributed by atoms with Crippen LogP contribution in [0, 0.1) is 13.8 Å². The van der Waals surface area contributed by atoms with Crippen molar-refractivity contribution in [3.8, 4) is 5.69 Å². The molecule has 0 saturated carbocycles. The summed E-state index contributed by atoms with van der Waals surface area (Å²) in [5.74, 6) is 1.69. The number of aryl methyl sites for hydroxylation is 2.